The van der Waals surface area contributed by atoms with Crippen LogP contribution in [-0.4, -0.2) is 40.0 Å². The van der Waals surface area contributed by atoms with Crippen LogP contribution in [0.2, 0.25) is 0 Å². The first kappa shape index (κ1) is 18.4. The van der Waals surface area contributed by atoms with Crippen LogP contribution in [0, 0.1) is 11.3 Å². The van der Waals surface area contributed by atoms with E-state index in [1.54, 1.807) is 6.20 Å². The lowest BCUT2D eigenvalue weighted by Crippen LogP contribution is -2.27. The molecule has 1 aliphatic heterocycles. The highest BCUT2D eigenvalue weighted by Gasteiger charge is 2.25. The van der Waals surface area contributed by atoms with Gasteiger partial charge in [0.05, 0.1) is 18.0 Å². The first-order chi connectivity index (χ1) is 14.2. The van der Waals surface area contributed by atoms with Crippen molar-refractivity contribution >= 4 is 34.1 Å². The topological polar surface area (TPSA) is 107 Å². The molecule has 3 aromatic rings. The van der Waals surface area contributed by atoms with Gasteiger partial charge in [-0.3, -0.25) is 4.79 Å². The third-order valence-electron chi connectivity index (χ3n) is 4.80. The van der Waals surface area contributed by atoms with Crippen molar-refractivity contribution < 1.29 is 4.79 Å². The molecule has 144 valence electrons. The number of benzene rings is 1. The Balaban J connectivity index is 1.50. The van der Waals surface area contributed by atoms with E-state index in [2.05, 4.69) is 37.1 Å². The molecule has 0 bridgehead atoms. The zero-order valence-electron chi connectivity index (χ0n) is 15.7. The number of fused-ring (bicyclic) bond motifs is 1. The summed E-state index contributed by atoms with van der Waals surface area (Å²) < 4.78 is 0. The van der Waals surface area contributed by atoms with Gasteiger partial charge in [0, 0.05) is 36.4 Å². The summed E-state index contributed by atoms with van der Waals surface area (Å²) in [7, 11) is 0. The average molecular weight is 385 g/mol. The Morgan fingerprint density at radius 2 is 2.10 bits per heavy atom. The Morgan fingerprint density at radius 1 is 1.28 bits per heavy atom. The summed E-state index contributed by atoms with van der Waals surface area (Å²) >= 11 is 0. The van der Waals surface area contributed by atoms with Crippen LogP contribution in [0.3, 0.4) is 0 Å². The first-order valence-corrected chi connectivity index (χ1v) is 9.22. The molecule has 29 heavy (non-hydrogen) atoms. The van der Waals surface area contributed by atoms with Crippen molar-refractivity contribution in [2.24, 2.45) is 0 Å². The summed E-state index contributed by atoms with van der Waals surface area (Å²) in [6.45, 7) is 5.10. The number of carbonyl (C=O) groups is 1. The minimum atomic E-state index is -0.239. The van der Waals surface area contributed by atoms with Gasteiger partial charge in [-0.2, -0.15) is 5.26 Å². The molecule has 0 radical (unpaired) electrons. The molecule has 8 nitrogen and oxygen atoms in total. The molecular weight excluding hydrogens is 366 g/mol. The SMILES string of the molecule is C=CC(=O)Nc1ccc2c(N3CCC(Nc4ncc(C#N)cn4)C3)nccc2c1. The fourth-order valence-electron chi connectivity index (χ4n) is 3.40. The third kappa shape index (κ3) is 3.99. The minimum absolute atomic E-state index is 0.186. The number of nitrogens with zero attached hydrogens (tertiary/aromatic N) is 5. The summed E-state index contributed by atoms with van der Waals surface area (Å²) in [5, 5.41) is 17.0. The number of amides is 1. The molecule has 1 atom stereocenters. The first-order valence-electron chi connectivity index (χ1n) is 9.22. The van der Waals surface area contributed by atoms with Gasteiger partial charge in [0.2, 0.25) is 11.9 Å². The molecule has 4 rings (SSSR count). The van der Waals surface area contributed by atoms with E-state index in [0.29, 0.717) is 11.5 Å². The maximum atomic E-state index is 11.5. The lowest BCUT2D eigenvalue weighted by atomic mass is 10.1. The molecule has 1 aliphatic rings. The standard InChI is InChI=1S/C21H19N7O/c1-2-19(29)26-16-3-4-18-15(9-16)5-7-23-20(18)28-8-6-17(13-28)27-21-24-11-14(10-22)12-25-21/h2-5,7,9,11-12,17H,1,6,8,13H2,(H,26,29)(H,24,25,27). The molecule has 1 aromatic carbocycles. The summed E-state index contributed by atoms with van der Waals surface area (Å²) in [5.41, 5.74) is 1.16. The largest absolute Gasteiger partial charge is 0.354 e. The Kier molecular flexibility index (Phi) is 5.03. The van der Waals surface area contributed by atoms with Gasteiger partial charge < -0.3 is 15.5 Å². The number of anilines is 3. The van der Waals surface area contributed by atoms with E-state index in [-0.39, 0.29) is 11.9 Å². The summed E-state index contributed by atoms with van der Waals surface area (Å²) in [6.07, 6.45) is 6.97. The number of nitrogens with one attached hydrogen (secondary N) is 2. The molecular formula is C21H19N7O. The Labute approximate surface area is 167 Å². The van der Waals surface area contributed by atoms with Crippen LogP contribution in [0.1, 0.15) is 12.0 Å². The molecule has 0 spiro atoms. The van der Waals surface area contributed by atoms with Crippen LogP contribution < -0.4 is 15.5 Å². The fourth-order valence-corrected chi connectivity index (χ4v) is 3.40. The van der Waals surface area contributed by atoms with Crippen LogP contribution in [0.5, 0.6) is 0 Å². The van der Waals surface area contributed by atoms with Crippen molar-refractivity contribution in [1.29, 1.82) is 5.26 Å². The summed E-state index contributed by atoms with van der Waals surface area (Å²) in [5.74, 6) is 1.19. The second kappa shape index (κ2) is 7.94. The quantitative estimate of drug-likeness (QED) is 0.650. The molecule has 1 amide bonds. The molecule has 8 heteroatoms. The van der Waals surface area contributed by atoms with E-state index in [1.807, 2.05) is 30.3 Å². The molecule has 1 unspecified atom stereocenters. The molecule has 3 heterocycles. The van der Waals surface area contributed by atoms with Crippen molar-refractivity contribution in [3.05, 3.63) is 61.1 Å². The van der Waals surface area contributed by atoms with E-state index in [1.165, 1.54) is 18.5 Å². The molecule has 2 N–H and O–H groups in total. The second-order valence-electron chi connectivity index (χ2n) is 6.75. The molecule has 0 aliphatic carbocycles. The van der Waals surface area contributed by atoms with Crippen LogP contribution in [0.15, 0.2) is 55.5 Å². The average Bonchev–Trinajstić information content (AvgIpc) is 3.22. The van der Waals surface area contributed by atoms with Gasteiger partial charge in [-0.25, -0.2) is 15.0 Å². The van der Waals surface area contributed by atoms with E-state index < -0.39 is 0 Å². The number of carbonyl (C=O) groups excluding carboxylic acids is 1. The summed E-state index contributed by atoms with van der Waals surface area (Å²) in [6, 6.07) is 9.90. The number of hydrogen-bond donors (Lipinski definition) is 2. The predicted octanol–water partition coefficient (Wildman–Crippen LogP) is 2.71. The van der Waals surface area contributed by atoms with Crippen LogP contribution in [0.4, 0.5) is 17.5 Å². The normalized spacial score (nSPS) is 15.7. The van der Waals surface area contributed by atoms with Crippen LogP contribution in [-0.2, 0) is 4.79 Å². The van der Waals surface area contributed by atoms with Crippen LogP contribution >= 0.6 is 0 Å². The van der Waals surface area contributed by atoms with Gasteiger partial charge >= 0.3 is 0 Å². The zero-order valence-corrected chi connectivity index (χ0v) is 15.7. The lowest BCUT2D eigenvalue weighted by molar-refractivity contribution is -0.111. The van der Waals surface area contributed by atoms with E-state index >= 15 is 0 Å². The Morgan fingerprint density at radius 3 is 2.86 bits per heavy atom. The van der Waals surface area contributed by atoms with Crippen LogP contribution in [0.25, 0.3) is 10.8 Å². The van der Waals surface area contributed by atoms with Crippen molar-refractivity contribution in [3.8, 4) is 6.07 Å². The van der Waals surface area contributed by atoms with Gasteiger partial charge in [-0.1, -0.05) is 6.58 Å². The number of rotatable bonds is 5. The molecule has 0 saturated carbocycles. The molecule has 2 aromatic heterocycles. The monoisotopic (exact) mass is 385 g/mol. The van der Waals surface area contributed by atoms with E-state index in [0.717, 1.165) is 41.8 Å². The minimum Gasteiger partial charge on any atom is -0.354 e. The van der Waals surface area contributed by atoms with Gasteiger partial charge in [0.1, 0.15) is 11.9 Å². The zero-order chi connectivity index (χ0) is 20.2. The highest BCUT2D eigenvalue weighted by molar-refractivity contribution is 6.01. The van der Waals surface area contributed by atoms with Gasteiger partial charge in [0.15, 0.2) is 0 Å². The van der Waals surface area contributed by atoms with Gasteiger partial charge in [-0.15, -0.1) is 0 Å². The molecule has 1 fully saturated rings. The second-order valence-corrected chi connectivity index (χ2v) is 6.75. The van der Waals surface area contributed by atoms with E-state index in [4.69, 9.17) is 5.26 Å². The number of nitriles is 1. The maximum Gasteiger partial charge on any atom is 0.247 e. The van der Waals surface area contributed by atoms with Crippen molar-refractivity contribution in [3.63, 3.8) is 0 Å². The lowest BCUT2D eigenvalue weighted by Gasteiger charge is -2.20. The highest BCUT2D eigenvalue weighted by Crippen LogP contribution is 2.29. The fraction of sp³-hybridized carbons (Fsp3) is 0.190. The maximum absolute atomic E-state index is 11.5. The number of aromatic nitrogens is 3. The Hall–Kier alpha value is -3.99. The highest BCUT2D eigenvalue weighted by atomic mass is 16.1. The van der Waals surface area contributed by atoms with Crippen molar-refractivity contribution in [1.82, 2.24) is 15.0 Å². The third-order valence-corrected chi connectivity index (χ3v) is 4.80. The van der Waals surface area contributed by atoms with Crippen molar-refractivity contribution in [2.45, 2.75) is 12.5 Å². The number of hydrogen-bond acceptors (Lipinski definition) is 7. The van der Waals surface area contributed by atoms with Crippen molar-refractivity contribution in [2.75, 3.05) is 28.6 Å². The van der Waals surface area contributed by atoms with Gasteiger partial charge in [-0.05, 0) is 42.1 Å². The molecule has 1 saturated heterocycles. The summed E-state index contributed by atoms with van der Waals surface area (Å²) in [4.78, 5) is 26.7. The smallest absolute Gasteiger partial charge is 0.247 e. The Bertz CT molecular complexity index is 1100. The number of pyridine rings is 1. The predicted molar refractivity (Wildman–Crippen MR) is 112 cm³/mol. The van der Waals surface area contributed by atoms with E-state index in [9.17, 15) is 4.79 Å². The van der Waals surface area contributed by atoms with Gasteiger partial charge in [0.25, 0.3) is 0 Å².